The summed E-state index contributed by atoms with van der Waals surface area (Å²) in [5.74, 6) is -1.53. The SMILES string of the molecule is Cc1ccc(N(CCC#N)C(=O)COc2cc(F)ccc2[N+](=O)[O-])cc1. The molecule has 0 radical (unpaired) electrons. The molecule has 0 aliphatic carbocycles. The molecular weight excluding hydrogens is 341 g/mol. The van der Waals surface area contributed by atoms with Gasteiger partial charge in [-0.3, -0.25) is 14.9 Å². The van der Waals surface area contributed by atoms with Gasteiger partial charge >= 0.3 is 5.69 Å². The molecule has 0 aromatic heterocycles. The summed E-state index contributed by atoms with van der Waals surface area (Å²) in [5, 5.41) is 19.8. The molecule has 8 heteroatoms. The molecule has 0 heterocycles. The van der Waals surface area contributed by atoms with Crippen LogP contribution in [0.2, 0.25) is 0 Å². The highest BCUT2D eigenvalue weighted by molar-refractivity contribution is 5.94. The lowest BCUT2D eigenvalue weighted by molar-refractivity contribution is -0.385. The van der Waals surface area contributed by atoms with Gasteiger partial charge in [-0.2, -0.15) is 5.26 Å². The molecule has 0 aliphatic heterocycles. The maximum atomic E-state index is 13.3. The van der Waals surface area contributed by atoms with Crippen molar-refractivity contribution in [3.8, 4) is 11.8 Å². The number of nitriles is 1. The summed E-state index contributed by atoms with van der Waals surface area (Å²) < 4.78 is 18.5. The smallest absolute Gasteiger partial charge is 0.311 e. The van der Waals surface area contributed by atoms with Crippen LogP contribution in [0.25, 0.3) is 0 Å². The Bertz CT molecular complexity index is 847. The van der Waals surface area contributed by atoms with E-state index in [2.05, 4.69) is 0 Å². The molecule has 0 saturated carbocycles. The molecular formula is C18H16FN3O4. The number of nitro benzene ring substituents is 1. The zero-order valence-electron chi connectivity index (χ0n) is 14.0. The van der Waals surface area contributed by atoms with Gasteiger partial charge in [0.15, 0.2) is 6.61 Å². The lowest BCUT2D eigenvalue weighted by atomic mass is 10.2. The standard InChI is InChI=1S/C18H16FN3O4/c1-13-3-6-15(7-4-13)21(10-2-9-20)18(23)12-26-17-11-14(19)5-8-16(17)22(24)25/h3-8,11H,2,10,12H2,1H3. The first-order valence-corrected chi connectivity index (χ1v) is 7.73. The number of carbonyl (C=O) groups is 1. The number of hydrogen-bond acceptors (Lipinski definition) is 5. The van der Waals surface area contributed by atoms with Crippen LogP contribution in [-0.4, -0.2) is 24.0 Å². The Morgan fingerprint density at radius 1 is 1.31 bits per heavy atom. The summed E-state index contributed by atoms with van der Waals surface area (Å²) in [6.45, 7) is 1.52. The van der Waals surface area contributed by atoms with Gasteiger partial charge in [-0.1, -0.05) is 17.7 Å². The first kappa shape index (κ1) is 18.9. The van der Waals surface area contributed by atoms with Crippen LogP contribution in [0.15, 0.2) is 42.5 Å². The lowest BCUT2D eigenvalue weighted by Gasteiger charge is -2.22. The van der Waals surface area contributed by atoms with Crippen LogP contribution in [0, 0.1) is 34.2 Å². The molecule has 0 atom stereocenters. The molecule has 0 bridgehead atoms. The van der Waals surface area contributed by atoms with E-state index < -0.39 is 28.9 Å². The van der Waals surface area contributed by atoms with Crippen LogP contribution in [0.5, 0.6) is 5.75 Å². The normalized spacial score (nSPS) is 10.0. The van der Waals surface area contributed by atoms with Gasteiger partial charge in [0.1, 0.15) is 5.82 Å². The number of benzene rings is 2. The summed E-state index contributed by atoms with van der Waals surface area (Å²) in [7, 11) is 0. The van der Waals surface area contributed by atoms with Crippen molar-refractivity contribution < 1.29 is 18.8 Å². The van der Waals surface area contributed by atoms with Crippen molar-refractivity contribution in [1.82, 2.24) is 0 Å². The molecule has 1 amide bonds. The zero-order chi connectivity index (χ0) is 19.1. The van der Waals surface area contributed by atoms with Crippen LogP contribution in [-0.2, 0) is 4.79 Å². The fourth-order valence-corrected chi connectivity index (χ4v) is 2.26. The second-order valence-corrected chi connectivity index (χ2v) is 5.45. The number of hydrogen-bond donors (Lipinski definition) is 0. The highest BCUT2D eigenvalue weighted by Crippen LogP contribution is 2.27. The average Bonchev–Trinajstić information content (AvgIpc) is 2.61. The van der Waals surface area contributed by atoms with Gasteiger partial charge in [0.05, 0.1) is 17.4 Å². The summed E-state index contributed by atoms with van der Waals surface area (Å²) in [6.07, 6.45) is 0.111. The average molecular weight is 357 g/mol. The van der Waals surface area contributed by atoms with E-state index in [-0.39, 0.29) is 18.7 Å². The van der Waals surface area contributed by atoms with E-state index in [4.69, 9.17) is 10.00 Å². The van der Waals surface area contributed by atoms with Crippen molar-refractivity contribution >= 4 is 17.3 Å². The second kappa shape index (κ2) is 8.58. The Morgan fingerprint density at radius 3 is 2.62 bits per heavy atom. The third-order valence-corrected chi connectivity index (χ3v) is 3.56. The van der Waals surface area contributed by atoms with Crippen molar-refractivity contribution in [2.45, 2.75) is 13.3 Å². The lowest BCUT2D eigenvalue weighted by Crippen LogP contribution is -2.35. The Balaban J connectivity index is 2.17. The molecule has 2 aromatic carbocycles. The van der Waals surface area contributed by atoms with E-state index in [0.29, 0.717) is 5.69 Å². The first-order valence-electron chi connectivity index (χ1n) is 7.73. The monoisotopic (exact) mass is 357 g/mol. The van der Waals surface area contributed by atoms with Crippen LogP contribution in [0.1, 0.15) is 12.0 Å². The predicted octanol–water partition coefficient (Wildman–Crippen LogP) is 3.37. The molecule has 0 fully saturated rings. The maximum absolute atomic E-state index is 13.3. The van der Waals surface area contributed by atoms with Gasteiger partial charge in [-0.05, 0) is 25.1 Å². The first-order chi connectivity index (χ1) is 12.4. The number of nitrogens with zero attached hydrogens (tertiary/aromatic N) is 3. The minimum Gasteiger partial charge on any atom is -0.477 e. The number of carbonyl (C=O) groups excluding carboxylic acids is 1. The fourth-order valence-electron chi connectivity index (χ4n) is 2.26. The number of rotatable bonds is 7. The predicted molar refractivity (Wildman–Crippen MR) is 92.3 cm³/mol. The van der Waals surface area contributed by atoms with E-state index in [9.17, 15) is 19.3 Å². The molecule has 26 heavy (non-hydrogen) atoms. The number of ether oxygens (including phenoxy) is 1. The number of anilines is 1. The van der Waals surface area contributed by atoms with Gasteiger partial charge < -0.3 is 9.64 Å². The van der Waals surface area contributed by atoms with E-state index in [1.54, 1.807) is 12.1 Å². The second-order valence-electron chi connectivity index (χ2n) is 5.45. The zero-order valence-corrected chi connectivity index (χ0v) is 14.0. The quantitative estimate of drug-likeness (QED) is 0.559. The molecule has 7 nitrogen and oxygen atoms in total. The summed E-state index contributed by atoms with van der Waals surface area (Å²) in [4.78, 5) is 24.1. The van der Waals surface area contributed by atoms with Crippen molar-refractivity contribution in [1.29, 1.82) is 5.26 Å². The summed E-state index contributed by atoms with van der Waals surface area (Å²) in [6, 6.07) is 11.8. The molecule has 0 N–H and O–H groups in total. The number of amides is 1. The van der Waals surface area contributed by atoms with Gasteiger partial charge in [0, 0.05) is 24.4 Å². The fraction of sp³-hybridized carbons (Fsp3) is 0.222. The van der Waals surface area contributed by atoms with Crippen molar-refractivity contribution in [3.05, 3.63) is 64.0 Å². The minimum absolute atomic E-state index is 0.111. The van der Waals surface area contributed by atoms with E-state index in [1.165, 1.54) is 4.90 Å². The Hall–Kier alpha value is -3.47. The Kier molecular flexibility index (Phi) is 6.22. The molecule has 0 unspecified atom stereocenters. The molecule has 0 spiro atoms. The molecule has 2 rings (SSSR count). The number of aryl methyl sites for hydroxylation is 1. The van der Waals surface area contributed by atoms with Crippen molar-refractivity contribution in [3.63, 3.8) is 0 Å². The van der Waals surface area contributed by atoms with Crippen LogP contribution in [0.4, 0.5) is 15.8 Å². The van der Waals surface area contributed by atoms with Gasteiger partial charge in [0.2, 0.25) is 5.75 Å². The van der Waals surface area contributed by atoms with E-state index in [1.807, 2.05) is 25.1 Å². The van der Waals surface area contributed by atoms with E-state index >= 15 is 0 Å². The molecule has 0 saturated heterocycles. The molecule has 0 aliphatic rings. The van der Waals surface area contributed by atoms with Crippen LogP contribution < -0.4 is 9.64 Å². The van der Waals surface area contributed by atoms with E-state index in [0.717, 1.165) is 23.8 Å². The Labute approximate surface area is 149 Å². The summed E-state index contributed by atoms with van der Waals surface area (Å²) >= 11 is 0. The third-order valence-electron chi connectivity index (χ3n) is 3.56. The van der Waals surface area contributed by atoms with Crippen LogP contribution in [0.3, 0.4) is 0 Å². The summed E-state index contributed by atoms with van der Waals surface area (Å²) in [5.41, 5.74) is 1.15. The van der Waals surface area contributed by atoms with Crippen molar-refractivity contribution in [2.24, 2.45) is 0 Å². The molecule has 134 valence electrons. The number of nitro groups is 1. The van der Waals surface area contributed by atoms with Crippen molar-refractivity contribution in [2.75, 3.05) is 18.1 Å². The topological polar surface area (TPSA) is 96.5 Å². The van der Waals surface area contributed by atoms with Gasteiger partial charge in [0.25, 0.3) is 5.91 Å². The third kappa shape index (κ3) is 4.77. The Morgan fingerprint density at radius 2 is 2.00 bits per heavy atom. The minimum atomic E-state index is -0.716. The highest BCUT2D eigenvalue weighted by Gasteiger charge is 2.20. The number of halogens is 1. The highest BCUT2D eigenvalue weighted by atomic mass is 19.1. The maximum Gasteiger partial charge on any atom is 0.311 e. The van der Waals surface area contributed by atoms with Gasteiger partial charge in [-0.15, -0.1) is 0 Å². The molecule has 2 aromatic rings. The van der Waals surface area contributed by atoms with Crippen LogP contribution >= 0.6 is 0 Å². The largest absolute Gasteiger partial charge is 0.477 e. The van der Waals surface area contributed by atoms with Gasteiger partial charge in [-0.25, -0.2) is 4.39 Å².